The minimum atomic E-state index is -0.536. The zero-order valence-electron chi connectivity index (χ0n) is 22.7. The van der Waals surface area contributed by atoms with Crippen molar-refractivity contribution in [1.82, 2.24) is 15.0 Å². The summed E-state index contributed by atoms with van der Waals surface area (Å²) >= 11 is 0. The van der Waals surface area contributed by atoms with Crippen LogP contribution in [-0.4, -0.2) is 39.6 Å². The Morgan fingerprint density at radius 2 is 2.10 bits per heavy atom. The van der Waals surface area contributed by atoms with E-state index in [1.807, 2.05) is 12.1 Å². The largest absolute Gasteiger partial charge is 0.496 e. The third kappa shape index (κ3) is 4.76. The normalized spacial score (nSPS) is 21.0. The molecule has 2 aromatic heterocycles. The number of carbonyl (C=O) groups excluding carboxylic acids is 1. The molecular formula is C33H29FN4O3. The molecule has 2 saturated carbocycles. The van der Waals surface area contributed by atoms with E-state index in [0.717, 1.165) is 47.9 Å². The Balaban J connectivity index is 1.39. The number of rotatable bonds is 8. The second-order valence-corrected chi connectivity index (χ2v) is 11.0. The van der Waals surface area contributed by atoms with Gasteiger partial charge >= 0.3 is 0 Å². The van der Waals surface area contributed by atoms with Gasteiger partial charge in [0.2, 0.25) is 0 Å². The van der Waals surface area contributed by atoms with Crippen LogP contribution in [-0.2, 0) is 6.42 Å². The molecule has 0 saturated heterocycles. The summed E-state index contributed by atoms with van der Waals surface area (Å²) < 4.78 is 20.0. The predicted octanol–water partition coefficient (Wildman–Crippen LogP) is 6.60. The van der Waals surface area contributed by atoms with E-state index >= 15 is 0 Å². The molecule has 4 aromatic rings. The second-order valence-electron chi connectivity index (χ2n) is 11.0. The number of hydrogen-bond acceptors (Lipinski definition) is 6. The average Bonchev–Trinajstić information content (AvgIpc) is 3.60. The number of ketones is 1. The van der Waals surface area contributed by atoms with Crippen molar-refractivity contribution in [2.75, 3.05) is 13.7 Å². The van der Waals surface area contributed by atoms with E-state index in [0.29, 0.717) is 11.6 Å². The third-order valence-electron chi connectivity index (χ3n) is 8.83. The first-order valence-electron chi connectivity index (χ1n) is 13.7. The molecule has 7 nitrogen and oxygen atoms in total. The van der Waals surface area contributed by atoms with Gasteiger partial charge in [-0.3, -0.25) is 9.78 Å². The summed E-state index contributed by atoms with van der Waals surface area (Å²) in [5.41, 5.74) is 4.08. The molecule has 1 N–H and O–H groups in total. The van der Waals surface area contributed by atoms with Crippen LogP contribution in [0.3, 0.4) is 0 Å². The monoisotopic (exact) mass is 548 g/mol. The maximum absolute atomic E-state index is 14.7. The highest BCUT2D eigenvalue weighted by Crippen LogP contribution is 2.62. The van der Waals surface area contributed by atoms with Gasteiger partial charge in [-0.1, -0.05) is 24.3 Å². The molecule has 2 heterocycles. The standard InChI is InChI=1S/C33H29FN4O3/c1-35-27-9-12-36-18-24(27)21-6-7-22(23(15-21)25-14-20-8-11-33(25,17-20)19-39)16-29(40)28-10-13-37-32(38-28)31-26(34)4-3-5-30(31)41-2/h3-7,9-10,12-13,15,18,20,25,39H,8,11,14,16-17,19H2,2H3/t20-,25?,33-/m1/s1. The first-order valence-corrected chi connectivity index (χ1v) is 13.7. The van der Waals surface area contributed by atoms with Gasteiger partial charge in [-0.05, 0) is 78.5 Å². The molecule has 0 radical (unpaired) electrons. The number of benzene rings is 2. The van der Waals surface area contributed by atoms with E-state index in [1.54, 1.807) is 30.6 Å². The van der Waals surface area contributed by atoms with Gasteiger partial charge in [-0.25, -0.2) is 19.2 Å². The summed E-state index contributed by atoms with van der Waals surface area (Å²) in [6.45, 7) is 7.71. The van der Waals surface area contributed by atoms with Crippen LogP contribution in [0.25, 0.3) is 27.4 Å². The molecule has 1 unspecified atom stereocenters. The van der Waals surface area contributed by atoms with Crippen molar-refractivity contribution in [1.29, 1.82) is 0 Å². The molecule has 0 aliphatic heterocycles. The van der Waals surface area contributed by atoms with Gasteiger partial charge in [-0.2, -0.15) is 0 Å². The summed E-state index contributed by atoms with van der Waals surface area (Å²) in [5.74, 6) is 0.264. The van der Waals surface area contributed by atoms with Crippen molar-refractivity contribution in [3.8, 4) is 28.3 Å². The molecule has 2 bridgehead atoms. The number of Topliss-reactive ketones (excluding diaryl/α,β-unsaturated/α-hetero) is 1. The Bertz CT molecular complexity index is 1680. The van der Waals surface area contributed by atoms with Crippen LogP contribution >= 0.6 is 0 Å². The maximum atomic E-state index is 14.7. The smallest absolute Gasteiger partial charge is 0.197 e. The molecule has 41 heavy (non-hydrogen) atoms. The van der Waals surface area contributed by atoms with Gasteiger partial charge in [-0.15, -0.1) is 0 Å². The zero-order valence-corrected chi connectivity index (χ0v) is 22.7. The van der Waals surface area contributed by atoms with Crippen LogP contribution in [0.15, 0.2) is 67.1 Å². The predicted molar refractivity (Wildman–Crippen MR) is 152 cm³/mol. The molecule has 2 aromatic carbocycles. The summed E-state index contributed by atoms with van der Waals surface area (Å²) in [7, 11) is 1.44. The Kier molecular flexibility index (Phi) is 7.06. The number of hydrogen-bond donors (Lipinski definition) is 1. The molecule has 2 fully saturated rings. The fraction of sp³-hybridized carbons (Fsp3) is 0.303. The van der Waals surface area contributed by atoms with E-state index in [4.69, 9.17) is 11.3 Å². The molecule has 0 spiro atoms. The highest BCUT2D eigenvalue weighted by atomic mass is 19.1. The van der Waals surface area contributed by atoms with E-state index in [-0.39, 0.29) is 53.0 Å². The molecule has 3 atom stereocenters. The number of halogens is 1. The number of pyridine rings is 1. The SMILES string of the molecule is [C-]#[N+]c1ccncc1-c1ccc(CC(=O)c2ccnc(-c3c(F)cccc3OC)n2)c(C2C[C@H]3CC[C@]2(CO)C3)c1. The summed E-state index contributed by atoms with van der Waals surface area (Å²) in [6, 6.07) is 13.7. The molecule has 6 rings (SSSR count). The second kappa shape index (κ2) is 10.8. The molecule has 2 aliphatic carbocycles. The lowest BCUT2D eigenvalue weighted by molar-refractivity contribution is 0.0985. The van der Waals surface area contributed by atoms with Crippen LogP contribution in [0.5, 0.6) is 5.75 Å². The number of carbonyl (C=O) groups is 1. The lowest BCUT2D eigenvalue weighted by Crippen LogP contribution is -2.28. The zero-order chi connectivity index (χ0) is 28.6. The fourth-order valence-corrected chi connectivity index (χ4v) is 6.83. The quantitative estimate of drug-likeness (QED) is 0.197. The van der Waals surface area contributed by atoms with E-state index in [1.165, 1.54) is 25.4 Å². The minimum absolute atomic E-state index is 0.0805. The average molecular weight is 549 g/mol. The lowest BCUT2D eigenvalue weighted by Gasteiger charge is -2.35. The number of fused-ring (bicyclic) bond motifs is 2. The van der Waals surface area contributed by atoms with Crippen LogP contribution < -0.4 is 4.74 Å². The van der Waals surface area contributed by atoms with E-state index < -0.39 is 5.82 Å². The number of ether oxygens (including phenoxy) is 1. The molecule has 0 amide bonds. The maximum Gasteiger partial charge on any atom is 0.197 e. The van der Waals surface area contributed by atoms with Gasteiger partial charge in [0.05, 0.1) is 19.2 Å². The van der Waals surface area contributed by atoms with Crippen molar-refractivity contribution >= 4 is 11.5 Å². The number of aliphatic hydroxyl groups is 1. The number of aliphatic hydroxyl groups excluding tert-OH is 1. The van der Waals surface area contributed by atoms with Crippen molar-refractivity contribution in [2.45, 2.75) is 38.0 Å². The van der Waals surface area contributed by atoms with Gasteiger partial charge in [0, 0.05) is 42.6 Å². The Morgan fingerprint density at radius 3 is 2.88 bits per heavy atom. The number of nitrogens with zero attached hydrogens (tertiary/aromatic N) is 4. The van der Waals surface area contributed by atoms with E-state index in [2.05, 4.69) is 25.9 Å². The van der Waals surface area contributed by atoms with E-state index in [9.17, 15) is 14.3 Å². The lowest BCUT2D eigenvalue weighted by atomic mass is 9.70. The van der Waals surface area contributed by atoms with Gasteiger partial charge < -0.3 is 9.84 Å². The Hall–Kier alpha value is -4.48. The van der Waals surface area contributed by atoms with Crippen molar-refractivity contribution in [3.05, 3.63) is 101 Å². The Labute approximate surface area is 237 Å². The molecule has 8 heteroatoms. The highest BCUT2D eigenvalue weighted by molar-refractivity contribution is 5.96. The molecular weight excluding hydrogens is 519 g/mol. The first kappa shape index (κ1) is 26.7. The summed E-state index contributed by atoms with van der Waals surface area (Å²) in [5, 5.41) is 10.5. The first-order chi connectivity index (χ1) is 20.0. The van der Waals surface area contributed by atoms with Crippen molar-refractivity contribution in [3.63, 3.8) is 0 Å². The number of aromatic nitrogens is 3. The fourth-order valence-electron chi connectivity index (χ4n) is 6.83. The van der Waals surface area contributed by atoms with Crippen LogP contribution in [0, 0.1) is 23.7 Å². The van der Waals surface area contributed by atoms with Gasteiger partial charge in [0.1, 0.15) is 17.3 Å². The molecule has 2 aliphatic rings. The van der Waals surface area contributed by atoms with Crippen LogP contribution in [0.1, 0.15) is 53.2 Å². The topological polar surface area (TPSA) is 89.6 Å². The van der Waals surface area contributed by atoms with Gasteiger partial charge in [0.25, 0.3) is 0 Å². The van der Waals surface area contributed by atoms with Crippen molar-refractivity contribution in [2.24, 2.45) is 11.3 Å². The van der Waals surface area contributed by atoms with Crippen molar-refractivity contribution < 1.29 is 19.0 Å². The number of methoxy groups -OCH3 is 1. The van der Waals surface area contributed by atoms with Gasteiger partial charge in [0.15, 0.2) is 17.3 Å². The molecule has 206 valence electrons. The summed E-state index contributed by atoms with van der Waals surface area (Å²) in [6.07, 6.45) is 8.84. The third-order valence-corrected chi connectivity index (χ3v) is 8.83. The van der Waals surface area contributed by atoms with Crippen LogP contribution in [0.2, 0.25) is 0 Å². The minimum Gasteiger partial charge on any atom is -0.496 e. The van der Waals surface area contributed by atoms with Crippen LogP contribution in [0.4, 0.5) is 10.1 Å². The Morgan fingerprint density at radius 1 is 1.22 bits per heavy atom. The summed E-state index contributed by atoms with van der Waals surface area (Å²) in [4.78, 5) is 30.2. The highest BCUT2D eigenvalue weighted by Gasteiger charge is 2.52.